The highest BCUT2D eigenvalue weighted by Gasteiger charge is 1.77. The summed E-state index contributed by atoms with van der Waals surface area (Å²) in [7, 11) is 0. The van der Waals surface area contributed by atoms with E-state index in [1.165, 1.54) is 0 Å². The molecule has 0 rings (SSSR count). The number of carbonyl (C=O) groups excluding carboxylic acids is 1. The topological polar surface area (TPSA) is 55.1 Å². The Labute approximate surface area is 42.2 Å². The van der Waals surface area contributed by atoms with E-state index in [1.54, 1.807) is 0 Å². The van der Waals surface area contributed by atoms with E-state index < -0.39 is 0 Å². The number of rotatable bonds is 3. The van der Waals surface area contributed by atoms with Gasteiger partial charge in [0.2, 0.25) is 6.41 Å². The Morgan fingerprint density at radius 3 is 2.71 bits per heavy atom. The molecule has 40 valence electrons. The Kier molecular flexibility index (Phi) is 2.76. The number of nitrogens with one attached hydrogen (secondary N) is 1. The molecular weight excluding hydrogens is 92.1 g/mol. The number of amides is 1. The molecule has 0 saturated heterocycles. The van der Waals surface area contributed by atoms with Crippen LogP contribution in [0, 0.1) is 0 Å². The van der Waals surface area contributed by atoms with Crippen LogP contribution in [0.25, 0.3) is 0 Å². The van der Waals surface area contributed by atoms with Crippen LogP contribution in [0.15, 0.2) is 12.3 Å². The fourth-order valence-electron chi connectivity index (χ4n) is 0.173. The maximum Gasteiger partial charge on any atom is 0.207 e. The van der Waals surface area contributed by atoms with Crippen molar-refractivity contribution in [1.29, 1.82) is 0 Å². The highest BCUT2D eigenvalue weighted by Crippen LogP contribution is 1.65. The largest absolute Gasteiger partial charge is 0.401 e. The summed E-state index contributed by atoms with van der Waals surface area (Å²) < 4.78 is 0. The molecule has 0 aromatic carbocycles. The van der Waals surface area contributed by atoms with Gasteiger partial charge in [-0.25, -0.2) is 0 Å². The molecule has 1 amide bonds. The minimum atomic E-state index is 0.365. The van der Waals surface area contributed by atoms with Gasteiger partial charge in [-0.1, -0.05) is 6.58 Å². The van der Waals surface area contributed by atoms with Gasteiger partial charge >= 0.3 is 0 Å². The zero-order valence-electron chi connectivity index (χ0n) is 3.98. The molecule has 0 unspecified atom stereocenters. The first-order valence-corrected chi connectivity index (χ1v) is 1.87. The van der Waals surface area contributed by atoms with Crippen LogP contribution in [0.5, 0.6) is 0 Å². The summed E-state index contributed by atoms with van der Waals surface area (Å²) >= 11 is 0. The first-order valence-electron chi connectivity index (χ1n) is 1.87. The lowest BCUT2D eigenvalue weighted by Gasteiger charge is -1.92. The van der Waals surface area contributed by atoms with E-state index >= 15 is 0 Å². The van der Waals surface area contributed by atoms with E-state index in [-0.39, 0.29) is 0 Å². The van der Waals surface area contributed by atoms with Crippen LogP contribution >= 0.6 is 0 Å². The van der Waals surface area contributed by atoms with Crippen molar-refractivity contribution in [1.82, 2.24) is 5.32 Å². The van der Waals surface area contributed by atoms with Crippen LogP contribution in [-0.2, 0) is 4.79 Å². The molecule has 3 nitrogen and oxygen atoms in total. The second kappa shape index (κ2) is 3.21. The van der Waals surface area contributed by atoms with Crippen molar-refractivity contribution in [2.24, 2.45) is 5.73 Å². The molecule has 0 saturated carbocycles. The van der Waals surface area contributed by atoms with Gasteiger partial charge in [0.15, 0.2) is 0 Å². The van der Waals surface area contributed by atoms with Gasteiger partial charge in [0.1, 0.15) is 0 Å². The average molecular weight is 100 g/mol. The van der Waals surface area contributed by atoms with Gasteiger partial charge in [0.05, 0.1) is 6.54 Å². The van der Waals surface area contributed by atoms with Crippen LogP contribution in [0.1, 0.15) is 0 Å². The van der Waals surface area contributed by atoms with Gasteiger partial charge in [-0.2, -0.15) is 0 Å². The Morgan fingerprint density at radius 1 is 2.00 bits per heavy atom. The summed E-state index contributed by atoms with van der Waals surface area (Å²) in [6.45, 7) is 3.71. The average Bonchev–Trinajstić information content (AvgIpc) is 1.61. The van der Waals surface area contributed by atoms with E-state index in [9.17, 15) is 4.79 Å². The minimum Gasteiger partial charge on any atom is -0.401 e. The van der Waals surface area contributed by atoms with Gasteiger partial charge in [0.25, 0.3) is 0 Å². The smallest absolute Gasteiger partial charge is 0.207 e. The zero-order chi connectivity index (χ0) is 5.70. The third kappa shape index (κ3) is 5.01. The van der Waals surface area contributed by atoms with Crippen molar-refractivity contribution in [2.45, 2.75) is 0 Å². The predicted octanol–water partition coefficient (Wildman–Crippen LogP) is -0.795. The second-order valence-electron chi connectivity index (χ2n) is 1.16. The Bertz CT molecular complexity index is 79.8. The molecule has 3 heteroatoms. The van der Waals surface area contributed by atoms with Gasteiger partial charge in [0, 0.05) is 5.70 Å². The van der Waals surface area contributed by atoms with Crippen molar-refractivity contribution < 1.29 is 4.79 Å². The number of nitrogens with two attached hydrogens (primary N) is 1. The van der Waals surface area contributed by atoms with E-state index in [0.29, 0.717) is 18.7 Å². The molecule has 0 bridgehead atoms. The monoisotopic (exact) mass is 100 g/mol. The second-order valence-corrected chi connectivity index (χ2v) is 1.16. The van der Waals surface area contributed by atoms with Crippen LogP contribution < -0.4 is 11.1 Å². The standard InChI is InChI=1S/C4H8N2O/c1-4(5)2-6-3-7/h3H,1-2,5H2,(H,6,7). The summed E-state index contributed by atoms with van der Waals surface area (Å²) in [6, 6.07) is 0. The summed E-state index contributed by atoms with van der Waals surface area (Å²) in [4.78, 5) is 9.50. The molecule has 0 aromatic heterocycles. The molecule has 0 radical (unpaired) electrons. The molecule has 0 heterocycles. The first-order chi connectivity index (χ1) is 3.27. The number of carbonyl (C=O) groups is 1. The molecule has 7 heavy (non-hydrogen) atoms. The minimum absolute atomic E-state index is 0.365. The first kappa shape index (κ1) is 6.01. The van der Waals surface area contributed by atoms with E-state index in [1.807, 2.05) is 0 Å². The molecular formula is C4H8N2O. The summed E-state index contributed by atoms with van der Waals surface area (Å²) in [6.07, 6.45) is 0.581. The van der Waals surface area contributed by atoms with Crippen molar-refractivity contribution >= 4 is 6.41 Å². The molecule has 0 aliphatic heterocycles. The van der Waals surface area contributed by atoms with Crippen molar-refractivity contribution in [3.05, 3.63) is 12.3 Å². The maximum atomic E-state index is 9.50. The normalized spacial score (nSPS) is 7.43. The molecule has 0 aliphatic rings. The van der Waals surface area contributed by atoms with Crippen LogP contribution in [0.4, 0.5) is 0 Å². The van der Waals surface area contributed by atoms with Crippen molar-refractivity contribution in [3.63, 3.8) is 0 Å². The Balaban J connectivity index is 2.97. The van der Waals surface area contributed by atoms with Crippen LogP contribution in [0.3, 0.4) is 0 Å². The van der Waals surface area contributed by atoms with Crippen LogP contribution in [-0.4, -0.2) is 13.0 Å². The fraction of sp³-hybridized carbons (Fsp3) is 0.250. The lowest BCUT2D eigenvalue weighted by atomic mass is 10.5. The van der Waals surface area contributed by atoms with E-state index in [4.69, 9.17) is 5.73 Å². The summed E-state index contributed by atoms with van der Waals surface area (Å²) in [5, 5.41) is 2.34. The van der Waals surface area contributed by atoms with Gasteiger partial charge < -0.3 is 11.1 Å². The van der Waals surface area contributed by atoms with Gasteiger partial charge in [-0.3, -0.25) is 4.79 Å². The zero-order valence-corrected chi connectivity index (χ0v) is 3.98. The highest BCUT2D eigenvalue weighted by molar-refractivity contribution is 5.46. The Hall–Kier alpha value is -0.990. The fourth-order valence-corrected chi connectivity index (χ4v) is 0.173. The summed E-state index contributed by atoms with van der Waals surface area (Å²) in [5.74, 6) is 0. The third-order valence-corrected chi connectivity index (χ3v) is 0.412. The molecule has 0 aromatic rings. The van der Waals surface area contributed by atoms with Crippen LogP contribution in [0.2, 0.25) is 0 Å². The van der Waals surface area contributed by atoms with E-state index in [0.717, 1.165) is 0 Å². The quantitative estimate of drug-likeness (QED) is 0.456. The SMILES string of the molecule is C=C(N)CNC=O. The van der Waals surface area contributed by atoms with Gasteiger partial charge in [-0.05, 0) is 0 Å². The number of hydrogen-bond acceptors (Lipinski definition) is 2. The van der Waals surface area contributed by atoms with Crippen molar-refractivity contribution in [3.8, 4) is 0 Å². The highest BCUT2D eigenvalue weighted by atomic mass is 16.1. The molecule has 0 aliphatic carbocycles. The van der Waals surface area contributed by atoms with Gasteiger partial charge in [-0.15, -0.1) is 0 Å². The Morgan fingerprint density at radius 2 is 2.57 bits per heavy atom. The maximum absolute atomic E-state index is 9.50. The summed E-state index contributed by atoms with van der Waals surface area (Å²) in [5.41, 5.74) is 5.53. The van der Waals surface area contributed by atoms with Crippen molar-refractivity contribution in [2.75, 3.05) is 6.54 Å². The lowest BCUT2D eigenvalue weighted by molar-refractivity contribution is -0.109. The molecule has 0 fully saturated rings. The predicted molar refractivity (Wildman–Crippen MR) is 27.4 cm³/mol. The third-order valence-electron chi connectivity index (χ3n) is 0.412. The molecule has 0 atom stereocenters. The molecule has 3 N–H and O–H groups in total. The number of hydrogen-bond donors (Lipinski definition) is 2. The van der Waals surface area contributed by atoms with E-state index in [2.05, 4.69) is 11.9 Å². The molecule has 0 spiro atoms. The lowest BCUT2D eigenvalue weighted by Crippen LogP contribution is -2.17.